The second-order valence-electron chi connectivity index (χ2n) is 5.95. The van der Waals surface area contributed by atoms with Crippen LogP contribution in [0.3, 0.4) is 0 Å². The van der Waals surface area contributed by atoms with Crippen molar-refractivity contribution in [2.24, 2.45) is 5.41 Å². The first-order valence-electron chi connectivity index (χ1n) is 6.83. The van der Waals surface area contributed by atoms with Gasteiger partial charge in [-0.3, -0.25) is 0 Å². The van der Waals surface area contributed by atoms with Gasteiger partial charge in [0.15, 0.2) is 0 Å². The predicted octanol–water partition coefficient (Wildman–Crippen LogP) is 2.22. The predicted molar refractivity (Wildman–Crippen MR) is 70.8 cm³/mol. The lowest BCUT2D eigenvalue weighted by molar-refractivity contribution is -0.124. The Labute approximate surface area is 108 Å². The van der Waals surface area contributed by atoms with Crippen LogP contribution < -0.4 is 4.90 Å². The normalized spacial score (nSPS) is 22.3. The van der Waals surface area contributed by atoms with Gasteiger partial charge in [-0.25, -0.2) is 9.97 Å². The highest BCUT2D eigenvalue weighted by molar-refractivity contribution is 5.31. The molecule has 0 aromatic carbocycles. The molecule has 0 aliphatic carbocycles. The molecule has 4 nitrogen and oxygen atoms in total. The molecule has 18 heavy (non-hydrogen) atoms. The maximum absolute atomic E-state index is 5.35. The summed E-state index contributed by atoms with van der Waals surface area (Å²) in [6.07, 6.45) is 6.35. The molecule has 3 heterocycles. The van der Waals surface area contributed by atoms with Crippen molar-refractivity contribution in [3.8, 4) is 0 Å². The van der Waals surface area contributed by atoms with Crippen LogP contribution in [0.2, 0.25) is 0 Å². The van der Waals surface area contributed by atoms with Crippen molar-refractivity contribution in [2.45, 2.75) is 32.6 Å². The van der Waals surface area contributed by atoms with E-state index >= 15 is 0 Å². The van der Waals surface area contributed by atoms with Crippen molar-refractivity contribution in [2.75, 3.05) is 31.2 Å². The molecule has 0 saturated carbocycles. The lowest BCUT2D eigenvalue weighted by atomic mass is 9.77. The quantitative estimate of drug-likeness (QED) is 0.803. The summed E-state index contributed by atoms with van der Waals surface area (Å²) in [5, 5.41) is 0. The average molecular weight is 247 g/mol. The summed E-state index contributed by atoms with van der Waals surface area (Å²) < 4.78 is 5.35. The molecule has 98 valence electrons. The number of hydrogen-bond acceptors (Lipinski definition) is 4. The van der Waals surface area contributed by atoms with E-state index in [1.807, 2.05) is 12.4 Å². The molecule has 0 N–H and O–H groups in total. The lowest BCUT2D eigenvalue weighted by Crippen LogP contribution is -2.51. The van der Waals surface area contributed by atoms with Gasteiger partial charge in [0.25, 0.3) is 0 Å². The van der Waals surface area contributed by atoms with Gasteiger partial charge >= 0.3 is 0 Å². The van der Waals surface area contributed by atoms with E-state index in [0.717, 1.165) is 32.3 Å². The molecule has 2 saturated heterocycles. The van der Waals surface area contributed by atoms with Crippen LogP contribution in [0.15, 0.2) is 12.4 Å². The lowest BCUT2D eigenvalue weighted by Gasteiger charge is -2.47. The minimum atomic E-state index is 0.481. The first-order valence-corrected chi connectivity index (χ1v) is 6.83. The van der Waals surface area contributed by atoms with Gasteiger partial charge in [-0.1, -0.05) is 13.8 Å². The van der Waals surface area contributed by atoms with Gasteiger partial charge in [0, 0.05) is 30.9 Å². The molecule has 4 heteroatoms. The number of nitrogens with zero attached hydrogens (tertiary/aromatic N) is 3. The van der Waals surface area contributed by atoms with Gasteiger partial charge in [0.1, 0.15) is 0 Å². The Morgan fingerprint density at radius 1 is 1.17 bits per heavy atom. The van der Waals surface area contributed by atoms with Crippen molar-refractivity contribution < 1.29 is 4.74 Å². The molecular weight excluding hydrogens is 226 g/mol. The molecule has 0 radical (unpaired) electrons. The largest absolute Gasteiger partial charge is 0.380 e. The molecule has 1 spiro atoms. The molecule has 0 bridgehead atoms. The van der Waals surface area contributed by atoms with Crippen LogP contribution in [0.1, 0.15) is 38.2 Å². The van der Waals surface area contributed by atoms with E-state index in [2.05, 4.69) is 28.7 Å². The molecule has 0 atom stereocenters. The maximum Gasteiger partial charge on any atom is 0.225 e. The van der Waals surface area contributed by atoms with Gasteiger partial charge < -0.3 is 9.64 Å². The van der Waals surface area contributed by atoms with E-state index in [1.54, 1.807) is 0 Å². The zero-order valence-electron chi connectivity index (χ0n) is 11.2. The van der Waals surface area contributed by atoms with Gasteiger partial charge in [0.05, 0.1) is 13.2 Å². The summed E-state index contributed by atoms with van der Waals surface area (Å²) in [5.41, 5.74) is 1.69. The van der Waals surface area contributed by atoms with Crippen LogP contribution in [0.25, 0.3) is 0 Å². The Morgan fingerprint density at radius 3 is 2.22 bits per heavy atom. The summed E-state index contributed by atoms with van der Waals surface area (Å²) in [6, 6.07) is 0. The van der Waals surface area contributed by atoms with Gasteiger partial charge in [-0.05, 0) is 24.3 Å². The second-order valence-corrected chi connectivity index (χ2v) is 5.95. The third-order valence-electron chi connectivity index (χ3n) is 4.25. The molecule has 0 unspecified atom stereocenters. The maximum atomic E-state index is 5.35. The number of hydrogen-bond donors (Lipinski definition) is 0. The van der Waals surface area contributed by atoms with Gasteiger partial charge in [-0.2, -0.15) is 0 Å². The van der Waals surface area contributed by atoms with E-state index < -0.39 is 0 Å². The van der Waals surface area contributed by atoms with E-state index in [0.29, 0.717) is 11.3 Å². The third-order valence-corrected chi connectivity index (χ3v) is 4.25. The van der Waals surface area contributed by atoms with Crippen LogP contribution in [-0.4, -0.2) is 36.3 Å². The number of aromatic nitrogens is 2. The zero-order valence-corrected chi connectivity index (χ0v) is 11.2. The third kappa shape index (κ3) is 2.09. The van der Waals surface area contributed by atoms with E-state index in [9.17, 15) is 0 Å². The summed E-state index contributed by atoms with van der Waals surface area (Å²) in [5.74, 6) is 1.38. The molecule has 2 aliphatic rings. The second kappa shape index (κ2) is 4.50. The molecule has 0 amide bonds. The van der Waals surface area contributed by atoms with Gasteiger partial charge in [-0.15, -0.1) is 0 Å². The van der Waals surface area contributed by atoms with Gasteiger partial charge in [0.2, 0.25) is 5.95 Å². The van der Waals surface area contributed by atoms with Crippen molar-refractivity contribution in [3.05, 3.63) is 18.0 Å². The molecular formula is C14H21N3O. The van der Waals surface area contributed by atoms with E-state index in [-0.39, 0.29) is 0 Å². The minimum absolute atomic E-state index is 0.481. The number of rotatable bonds is 2. The first kappa shape index (κ1) is 11.9. The molecule has 1 aromatic rings. The Balaban J connectivity index is 1.65. The van der Waals surface area contributed by atoms with Crippen molar-refractivity contribution >= 4 is 5.95 Å². The summed E-state index contributed by atoms with van der Waals surface area (Å²) in [6.45, 7) is 8.36. The van der Waals surface area contributed by atoms with Crippen LogP contribution in [0.4, 0.5) is 5.95 Å². The van der Waals surface area contributed by atoms with Crippen LogP contribution in [0, 0.1) is 5.41 Å². The molecule has 1 aromatic heterocycles. The van der Waals surface area contributed by atoms with Crippen molar-refractivity contribution in [1.29, 1.82) is 0 Å². The Bertz CT molecular complexity index is 402. The molecule has 2 aliphatic heterocycles. The number of piperidine rings is 1. The minimum Gasteiger partial charge on any atom is -0.380 e. The van der Waals surface area contributed by atoms with E-state index in [1.165, 1.54) is 18.4 Å². The SMILES string of the molecule is CC(C)c1cnc(N2CCC3(CC2)COC3)nc1. The average Bonchev–Trinajstić information content (AvgIpc) is 2.37. The topological polar surface area (TPSA) is 38.2 Å². The standard InChI is InChI=1S/C14H21N3O/c1-11(2)12-7-15-13(16-8-12)17-5-3-14(4-6-17)9-18-10-14/h7-8,11H,3-6,9-10H2,1-2H3. The fourth-order valence-electron chi connectivity index (χ4n) is 2.65. The summed E-state index contributed by atoms with van der Waals surface area (Å²) in [4.78, 5) is 11.3. The van der Waals surface area contributed by atoms with Crippen molar-refractivity contribution in [3.63, 3.8) is 0 Å². The number of anilines is 1. The highest BCUT2D eigenvalue weighted by Crippen LogP contribution is 2.38. The fourth-order valence-corrected chi connectivity index (χ4v) is 2.65. The highest BCUT2D eigenvalue weighted by atomic mass is 16.5. The summed E-state index contributed by atoms with van der Waals surface area (Å²) in [7, 11) is 0. The number of ether oxygens (including phenoxy) is 1. The first-order chi connectivity index (χ1) is 8.69. The zero-order chi connectivity index (χ0) is 12.6. The van der Waals surface area contributed by atoms with Crippen LogP contribution in [0.5, 0.6) is 0 Å². The van der Waals surface area contributed by atoms with Crippen LogP contribution >= 0.6 is 0 Å². The molecule has 3 rings (SSSR count). The smallest absolute Gasteiger partial charge is 0.225 e. The van der Waals surface area contributed by atoms with Crippen molar-refractivity contribution in [1.82, 2.24) is 9.97 Å². The monoisotopic (exact) mass is 247 g/mol. The Hall–Kier alpha value is -1.16. The van der Waals surface area contributed by atoms with Crippen LogP contribution in [-0.2, 0) is 4.74 Å². The Kier molecular flexibility index (Phi) is 2.98. The highest BCUT2D eigenvalue weighted by Gasteiger charge is 2.41. The Morgan fingerprint density at radius 2 is 1.78 bits per heavy atom. The fraction of sp³-hybridized carbons (Fsp3) is 0.714. The van der Waals surface area contributed by atoms with E-state index in [4.69, 9.17) is 4.74 Å². The molecule has 2 fully saturated rings. The summed E-state index contributed by atoms with van der Waals surface area (Å²) >= 11 is 0.